The van der Waals surface area contributed by atoms with E-state index in [0.29, 0.717) is 39.8 Å². The van der Waals surface area contributed by atoms with Crippen molar-refractivity contribution in [1.82, 2.24) is 17.3 Å². The van der Waals surface area contributed by atoms with Crippen LogP contribution in [0.15, 0.2) is 41.1 Å². The number of rotatable bonds is 8. The highest BCUT2D eigenvalue weighted by Gasteiger charge is 2.20. The SMILES string of the molecule is COc1ccc(-c2ocnc2-c2cc(OC)c(OC)c(OC)c2)cc1OP(=O)([O-])[O-].[NH4+].[NH4+]. The van der Waals surface area contributed by atoms with E-state index in [2.05, 4.69) is 9.51 Å². The van der Waals surface area contributed by atoms with E-state index in [0.717, 1.165) is 0 Å². The normalized spacial score (nSPS) is 10.4. The number of phosphoric ester groups is 1. The molecule has 3 rings (SSSR count). The summed E-state index contributed by atoms with van der Waals surface area (Å²) >= 11 is 0. The summed E-state index contributed by atoms with van der Waals surface area (Å²) in [4.78, 5) is 26.4. The minimum atomic E-state index is -5.30. The maximum absolute atomic E-state index is 11.1. The molecule has 32 heavy (non-hydrogen) atoms. The number of phosphoric acid groups is 1. The van der Waals surface area contributed by atoms with E-state index in [1.165, 1.54) is 47.0 Å². The Bertz CT molecular complexity index is 1070. The van der Waals surface area contributed by atoms with Crippen LogP contribution in [-0.4, -0.2) is 33.4 Å². The number of nitrogens with zero attached hydrogens (tertiary/aromatic N) is 1. The number of aromatic nitrogens is 1. The first-order chi connectivity index (χ1) is 14.3. The number of quaternary nitrogens is 2. The zero-order valence-electron chi connectivity index (χ0n) is 18.5. The van der Waals surface area contributed by atoms with Gasteiger partial charge in [0.05, 0.1) is 28.4 Å². The van der Waals surface area contributed by atoms with Gasteiger partial charge in [-0.3, -0.25) is 0 Å². The lowest BCUT2D eigenvalue weighted by Crippen LogP contribution is -2.18. The molecule has 3 aromatic rings. The predicted octanol–water partition coefficient (Wildman–Crippen LogP) is 3.00. The smallest absolute Gasteiger partial charge is 0.203 e. The van der Waals surface area contributed by atoms with Gasteiger partial charge in [-0.25, -0.2) is 4.98 Å². The van der Waals surface area contributed by atoms with E-state index in [9.17, 15) is 14.4 Å². The van der Waals surface area contributed by atoms with E-state index in [4.69, 9.17) is 23.4 Å². The fraction of sp³-hybridized carbons (Fsp3) is 0.211. The second-order valence-electron chi connectivity index (χ2n) is 5.85. The van der Waals surface area contributed by atoms with Crippen LogP contribution in [0.1, 0.15) is 0 Å². The minimum Gasteiger partial charge on any atom is -0.780 e. The quantitative estimate of drug-likeness (QED) is 0.459. The summed E-state index contributed by atoms with van der Waals surface area (Å²) < 4.78 is 42.2. The molecule has 0 aliphatic rings. The highest BCUT2D eigenvalue weighted by Crippen LogP contribution is 2.44. The van der Waals surface area contributed by atoms with Gasteiger partial charge in [-0.15, -0.1) is 0 Å². The van der Waals surface area contributed by atoms with Gasteiger partial charge in [-0.2, -0.15) is 0 Å². The van der Waals surface area contributed by atoms with Crippen molar-refractivity contribution < 1.29 is 42.2 Å². The molecule has 1 aromatic heterocycles. The third-order valence-electron chi connectivity index (χ3n) is 4.14. The van der Waals surface area contributed by atoms with Gasteiger partial charge in [-0.05, 0) is 30.3 Å². The zero-order chi connectivity index (χ0) is 21.9. The predicted molar refractivity (Wildman–Crippen MR) is 114 cm³/mol. The van der Waals surface area contributed by atoms with Gasteiger partial charge < -0.3 is 54.5 Å². The van der Waals surface area contributed by atoms with E-state index in [-0.39, 0.29) is 23.8 Å². The van der Waals surface area contributed by atoms with E-state index in [1.807, 2.05) is 0 Å². The molecule has 0 saturated carbocycles. The highest BCUT2D eigenvalue weighted by atomic mass is 31.2. The lowest BCUT2D eigenvalue weighted by molar-refractivity contribution is -0.333. The Kier molecular flexibility index (Phi) is 9.07. The first-order valence-electron chi connectivity index (χ1n) is 8.45. The molecular formula is C19H26N3O9P. The Morgan fingerprint density at radius 1 is 0.812 bits per heavy atom. The molecule has 13 heteroatoms. The molecule has 12 nitrogen and oxygen atoms in total. The molecule has 1 heterocycles. The molecule has 8 N–H and O–H groups in total. The molecule has 2 aromatic carbocycles. The van der Waals surface area contributed by atoms with Gasteiger partial charge in [0, 0.05) is 11.1 Å². The maximum Gasteiger partial charge on any atom is 0.203 e. The molecule has 176 valence electrons. The molecule has 0 fully saturated rings. The van der Waals surface area contributed by atoms with Crippen molar-refractivity contribution in [3.8, 4) is 51.3 Å². The van der Waals surface area contributed by atoms with E-state index in [1.54, 1.807) is 18.2 Å². The van der Waals surface area contributed by atoms with Crippen molar-refractivity contribution in [3.63, 3.8) is 0 Å². The third kappa shape index (κ3) is 5.49. The molecule has 0 saturated heterocycles. The van der Waals surface area contributed by atoms with Crippen LogP contribution in [0.4, 0.5) is 0 Å². The van der Waals surface area contributed by atoms with Crippen LogP contribution in [0, 0.1) is 0 Å². The fourth-order valence-corrected chi connectivity index (χ4v) is 3.27. The second-order valence-corrected chi connectivity index (χ2v) is 6.93. The summed E-state index contributed by atoms with van der Waals surface area (Å²) in [5.41, 5.74) is 1.41. The summed E-state index contributed by atoms with van der Waals surface area (Å²) in [6, 6.07) is 7.74. The maximum atomic E-state index is 11.1. The van der Waals surface area contributed by atoms with Crippen LogP contribution in [0.3, 0.4) is 0 Å². The number of hydrogen-bond donors (Lipinski definition) is 2. The molecule has 0 spiro atoms. The van der Waals surface area contributed by atoms with Gasteiger partial charge >= 0.3 is 0 Å². The first-order valence-corrected chi connectivity index (χ1v) is 9.91. The monoisotopic (exact) mass is 471 g/mol. The summed E-state index contributed by atoms with van der Waals surface area (Å²) in [6.07, 6.45) is 1.23. The number of oxazole rings is 1. The first kappa shape index (κ1) is 26.8. The van der Waals surface area contributed by atoms with Crippen LogP contribution in [0.5, 0.6) is 28.7 Å². The Morgan fingerprint density at radius 3 is 1.88 bits per heavy atom. The molecule has 0 amide bonds. The van der Waals surface area contributed by atoms with Crippen molar-refractivity contribution in [2.24, 2.45) is 0 Å². The van der Waals surface area contributed by atoms with Crippen molar-refractivity contribution in [3.05, 3.63) is 36.7 Å². The fourth-order valence-electron chi connectivity index (χ4n) is 2.88. The molecule has 0 bridgehead atoms. The van der Waals surface area contributed by atoms with Crippen molar-refractivity contribution in [2.45, 2.75) is 0 Å². The van der Waals surface area contributed by atoms with Gasteiger partial charge in [0.25, 0.3) is 0 Å². The Labute approximate surface area is 184 Å². The summed E-state index contributed by atoms with van der Waals surface area (Å²) in [7, 11) is 0.487. The van der Waals surface area contributed by atoms with Crippen molar-refractivity contribution >= 4 is 7.82 Å². The third-order valence-corrected chi connectivity index (χ3v) is 4.56. The number of methoxy groups -OCH3 is 4. The lowest BCUT2D eigenvalue weighted by atomic mass is 10.0. The second kappa shape index (κ2) is 10.8. The highest BCUT2D eigenvalue weighted by molar-refractivity contribution is 7.43. The molecule has 0 atom stereocenters. The average molecular weight is 471 g/mol. The molecule has 0 radical (unpaired) electrons. The largest absolute Gasteiger partial charge is 0.780 e. The van der Waals surface area contributed by atoms with Crippen LogP contribution in [0.25, 0.3) is 22.6 Å². The standard InChI is InChI=1S/C19H20NO9P.2H3N/c1-24-13-6-5-11(7-14(13)29-30(21,22)23)18-17(20-10-28-18)12-8-15(25-2)19(27-4)16(9-12)26-3;;/h5-10H,1-4H3,(H2,21,22,23);2*1H3. The molecule has 0 aliphatic carbocycles. The average Bonchev–Trinajstić information content (AvgIpc) is 3.21. The van der Waals surface area contributed by atoms with E-state index >= 15 is 0 Å². The van der Waals surface area contributed by atoms with Crippen LogP contribution >= 0.6 is 7.82 Å². The molecular weight excluding hydrogens is 445 g/mol. The van der Waals surface area contributed by atoms with E-state index < -0.39 is 7.82 Å². The Hall–Kier alpha value is -3.28. The van der Waals surface area contributed by atoms with Crippen LogP contribution in [-0.2, 0) is 4.57 Å². The summed E-state index contributed by atoms with van der Waals surface area (Å²) in [5, 5.41) is 0. The van der Waals surface area contributed by atoms with Crippen molar-refractivity contribution in [2.75, 3.05) is 28.4 Å². The molecule has 0 unspecified atom stereocenters. The molecule has 0 aliphatic heterocycles. The Morgan fingerprint density at radius 2 is 1.38 bits per heavy atom. The van der Waals surface area contributed by atoms with Gasteiger partial charge in [-0.1, -0.05) is 0 Å². The topological polar surface area (TPSA) is 208 Å². The summed E-state index contributed by atoms with van der Waals surface area (Å²) in [5.74, 6) is 1.34. The number of benzene rings is 2. The van der Waals surface area contributed by atoms with Gasteiger partial charge in [0.2, 0.25) is 5.75 Å². The number of hydrogen-bond acceptors (Lipinski definition) is 10. The van der Waals surface area contributed by atoms with Gasteiger partial charge in [0.1, 0.15) is 13.5 Å². The summed E-state index contributed by atoms with van der Waals surface area (Å²) in [6.45, 7) is 0. The van der Waals surface area contributed by atoms with Crippen LogP contribution < -0.4 is 45.6 Å². The van der Waals surface area contributed by atoms with Crippen molar-refractivity contribution in [1.29, 1.82) is 0 Å². The Balaban J connectivity index is 0.00000256. The van der Waals surface area contributed by atoms with Crippen LogP contribution in [0.2, 0.25) is 0 Å². The number of ether oxygens (including phenoxy) is 4. The minimum absolute atomic E-state index is 0. The zero-order valence-corrected chi connectivity index (χ0v) is 19.4. The van der Waals surface area contributed by atoms with Gasteiger partial charge in [0.15, 0.2) is 35.2 Å². The lowest BCUT2D eigenvalue weighted by Gasteiger charge is -2.29.